The van der Waals surface area contributed by atoms with Crippen molar-refractivity contribution in [3.8, 4) is 0 Å². The maximum Gasteiger partial charge on any atom is 0.346 e. The van der Waals surface area contributed by atoms with Gasteiger partial charge >= 0.3 is 6.03 Å². The highest BCUT2D eigenvalue weighted by Gasteiger charge is 2.48. The van der Waals surface area contributed by atoms with Crippen LogP contribution >= 0.6 is 0 Å². The molecule has 1 aromatic carbocycles. The molecule has 2 aromatic rings. The van der Waals surface area contributed by atoms with Gasteiger partial charge < -0.3 is 13.9 Å². The Labute approximate surface area is 150 Å². The number of hydrogen-bond donors (Lipinski definition) is 0. The number of urea groups is 1. The van der Waals surface area contributed by atoms with Crippen molar-refractivity contribution >= 4 is 16.4 Å². The van der Waals surface area contributed by atoms with Gasteiger partial charge in [0.15, 0.2) is 0 Å². The third-order valence-corrected chi connectivity index (χ3v) is 4.44. The van der Waals surface area contributed by atoms with Gasteiger partial charge in [-0.3, -0.25) is 0 Å². The molecule has 0 N–H and O–H groups in total. The molecular formula is C15H17N4O6S-. The monoisotopic (exact) mass is 381 g/mol. The molecule has 2 bridgehead atoms. The van der Waals surface area contributed by atoms with E-state index in [4.69, 9.17) is 4.42 Å². The van der Waals surface area contributed by atoms with Gasteiger partial charge in [0.25, 0.3) is 0 Å². The molecule has 0 spiro atoms. The Morgan fingerprint density at radius 3 is 2.54 bits per heavy atom. The highest BCUT2D eigenvalue weighted by atomic mass is 32.3. The van der Waals surface area contributed by atoms with Crippen LogP contribution in [0.1, 0.15) is 30.3 Å². The molecule has 10 nitrogen and oxygen atoms in total. The van der Waals surface area contributed by atoms with E-state index in [1.54, 1.807) is 0 Å². The predicted octanol–water partition coefficient (Wildman–Crippen LogP) is 1.40. The summed E-state index contributed by atoms with van der Waals surface area (Å²) in [4.78, 5) is 13.4. The Balaban J connectivity index is 0.000000236. The van der Waals surface area contributed by atoms with Crippen molar-refractivity contribution in [1.82, 2.24) is 20.2 Å². The van der Waals surface area contributed by atoms with Crippen LogP contribution in [-0.2, 0) is 14.7 Å². The first-order valence-corrected chi connectivity index (χ1v) is 9.21. The fourth-order valence-electron chi connectivity index (χ4n) is 2.95. The van der Waals surface area contributed by atoms with E-state index in [1.807, 2.05) is 18.2 Å². The Hall–Kier alpha value is -2.50. The topological polar surface area (TPSA) is 129 Å². The summed E-state index contributed by atoms with van der Waals surface area (Å²) in [6, 6.07) is 8.69. The minimum absolute atomic E-state index is 0.251. The van der Waals surface area contributed by atoms with Crippen molar-refractivity contribution in [3.63, 3.8) is 0 Å². The quantitative estimate of drug-likeness (QED) is 0.576. The molecular weight excluding hydrogens is 364 g/mol. The van der Waals surface area contributed by atoms with Gasteiger partial charge in [-0.2, -0.15) is 9.35 Å². The summed E-state index contributed by atoms with van der Waals surface area (Å²) in [7, 11) is -4.97. The molecule has 4 rings (SSSR count). The fraction of sp³-hybridized carbons (Fsp3) is 0.400. The summed E-state index contributed by atoms with van der Waals surface area (Å²) in [5.74, 6) is 0.277. The van der Waals surface area contributed by atoms with Crippen LogP contribution in [0.3, 0.4) is 0 Å². The first-order chi connectivity index (χ1) is 12.3. The van der Waals surface area contributed by atoms with Gasteiger partial charge in [0.1, 0.15) is 6.04 Å². The minimum atomic E-state index is -4.97. The molecule has 0 radical (unpaired) electrons. The zero-order valence-corrected chi connectivity index (χ0v) is 14.7. The second-order valence-corrected chi connectivity index (χ2v) is 6.89. The molecule has 2 aliphatic rings. The second-order valence-electron chi connectivity index (χ2n) is 5.92. The third-order valence-electron chi connectivity index (χ3n) is 4.10. The van der Waals surface area contributed by atoms with Gasteiger partial charge in [-0.15, -0.1) is 10.2 Å². The van der Waals surface area contributed by atoms with Crippen molar-refractivity contribution < 1.29 is 26.5 Å². The average Bonchev–Trinajstić information content (AvgIpc) is 3.20. The maximum absolute atomic E-state index is 12.0. The molecule has 2 aliphatic heterocycles. The third kappa shape index (κ3) is 4.18. The number of amides is 2. The molecule has 0 aliphatic carbocycles. The van der Waals surface area contributed by atoms with Crippen molar-refractivity contribution in [2.45, 2.75) is 31.8 Å². The summed E-state index contributed by atoms with van der Waals surface area (Å²) in [5.41, 5.74) is 1.32. The van der Waals surface area contributed by atoms with E-state index < -0.39 is 28.5 Å². The number of aromatic nitrogens is 2. The van der Waals surface area contributed by atoms with Crippen LogP contribution in [0, 0.1) is 6.92 Å². The van der Waals surface area contributed by atoms with E-state index in [9.17, 15) is 17.8 Å². The van der Waals surface area contributed by atoms with Crippen LogP contribution in [-0.4, -0.2) is 51.7 Å². The normalized spacial score (nSPS) is 22.2. The van der Waals surface area contributed by atoms with E-state index in [-0.39, 0.29) is 12.4 Å². The number of carbonyl (C=O) groups is 1. The van der Waals surface area contributed by atoms with E-state index in [1.165, 1.54) is 10.5 Å². The first kappa shape index (κ1) is 18.3. The van der Waals surface area contributed by atoms with Crippen molar-refractivity contribution in [2.75, 3.05) is 6.54 Å². The van der Waals surface area contributed by atoms with E-state index in [0.717, 1.165) is 6.39 Å². The summed E-state index contributed by atoms with van der Waals surface area (Å²) < 4.78 is 41.0. The number of aryl methyl sites for hydroxylation is 1. The van der Waals surface area contributed by atoms with Gasteiger partial charge in [0.05, 0.1) is 6.04 Å². The van der Waals surface area contributed by atoms with Crippen molar-refractivity contribution in [2.24, 2.45) is 0 Å². The molecule has 26 heavy (non-hydrogen) atoms. The number of rotatable bonds is 3. The minimum Gasteiger partial charge on any atom is -0.724 e. The molecule has 2 saturated heterocycles. The van der Waals surface area contributed by atoms with Gasteiger partial charge in [-0.25, -0.2) is 13.2 Å². The summed E-state index contributed by atoms with van der Waals surface area (Å²) in [5, 5.41) is 7.89. The predicted molar refractivity (Wildman–Crippen MR) is 86.0 cm³/mol. The number of hydrogen-bond acceptors (Lipinski definition) is 8. The van der Waals surface area contributed by atoms with Crippen LogP contribution < -0.4 is 0 Å². The summed E-state index contributed by atoms with van der Waals surface area (Å²) in [6.07, 6.45) is 2.15. The van der Waals surface area contributed by atoms with Crippen LogP contribution in [0.25, 0.3) is 0 Å². The number of carbonyl (C=O) groups excluding carboxylic acids is 1. The van der Waals surface area contributed by atoms with Crippen LogP contribution in [0.2, 0.25) is 0 Å². The largest absolute Gasteiger partial charge is 0.724 e. The number of hydroxylamine groups is 2. The lowest BCUT2D eigenvalue weighted by atomic mass is 10.0. The van der Waals surface area contributed by atoms with Crippen LogP contribution in [0.15, 0.2) is 41.1 Å². The second kappa shape index (κ2) is 7.40. The van der Waals surface area contributed by atoms with Gasteiger partial charge in [-0.05, 0) is 19.8 Å². The molecule has 140 valence electrons. The van der Waals surface area contributed by atoms with E-state index in [0.29, 0.717) is 17.9 Å². The SMILES string of the molecule is Cc1ccccc1.O=C1N2C[C@@H](CC[C@H]2c2nnco2)N1OS(=O)(=O)[O-]. The Morgan fingerprint density at radius 1 is 1.27 bits per heavy atom. The number of fused-ring (bicyclic) bond motifs is 2. The molecule has 0 saturated carbocycles. The van der Waals surface area contributed by atoms with Crippen LogP contribution in [0.4, 0.5) is 4.79 Å². The zero-order chi connectivity index (χ0) is 18.7. The molecule has 2 atom stereocenters. The van der Waals surface area contributed by atoms with Gasteiger partial charge in [0.2, 0.25) is 22.7 Å². The molecule has 2 fully saturated rings. The molecule has 1 aromatic heterocycles. The van der Waals surface area contributed by atoms with Crippen molar-refractivity contribution in [3.05, 3.63) is 48.2 Å². The lowest BCUT2D eigenvalue weighted by Crippen LogP contribution is -2.35. The lowest BCUT2D eigenvalue weighted by molar-refractivity contribution is -0.0328. The smallest absolute Gasteiger partial charge is 0.346 e. The highest BCUT2D eigenvalue weighted by molar-refractivity contribution is 7.80. The highest BCUT2D eigenvalue weighted by Crippen LogP contribution is 2.37. The summed E-state index contributed by atoms with van der Waals surface area (Å²) >= 11 is 0. The average molecular weight is 381 g/mol. The number of piperidine rings is 1. The molecule has 11 heteroatoms. The maximum atomic E-state index is 12.0. The summed E-state index contributed by atoms with van der Waals surface area (Å²) in [6.45, 7) is 2.33. The van der Waals surface area contributed by atoms with Gasteiger partial charge in [-0.1, -0.05) is 35.9 Å². The lowest BCUT2D eigenvalue weighted by Gasteiger charge is -2.27. The van der Waals surface area contributed by atoms with E-state index >= 15 is 0 Å². The number of benzene rings is 1. The standard InChI is InChI=1S/C8H10N4O6S.C7H8/c13-8-11-3-5(12(8)18-19(14,15)16)1-2-6(11)7-10-9-4-17-7;1-7-5-3-2-4-6-7/h4-6H,1-3H2,(H,14,15,16);2-6H,1H3/p-1/t5-,6+;/m1./s1. The zero-order valence-electron chi connectivity index (χ0n) is 13.9. The van der Waals surface area contributed by atoms with Crippen LogP contribution in [0.5, 0.6) is 0 Å². The van der Waals surface area contributed by atoms with Gasteiger partial charge in [0, 0.05) is 6.54 Å². The van der Waals surface area contributed by atoms with Crippen molar-refractivity contribution in [1.29, 1.82) is 0 Å². The molecule has 2 amide bonds. The Kier molecular flexibility index (Phi) is 5.20. The number of nitrogens with zero attached hydrogens (tertiary/aromatic N) is 4. The van der Waals surface area contributed by atoms with E-state index in [2.05, 4.69) is 33.5 Å². The molecule has 3 heterocycles. The Morgan fingerprint density at radius 2 is 2.00 bits per heavy atom. The molecule has 0 unspecified atom stereocenters. The fourth-order valence-corrected chi connectivity index (χ4v) is 3.33. The Bertz CT molecular complexity index is 842. The first-order valence-electron chi connectivity index (χ1n) is 7.88.